The van der Waals surface area contributed by atoms with Crippen LogP contribution in [-0.2, 0) is 0 Å². The highest BCUT2D eigenvalue weighted by Crippen LogP contribution is 2.26. The second kappa shape index (κ2) is 6.64. The van der Waals surface area contributed by atoms with Gasteiger partial charge < -0.3 is 15.4 Å². The first-order valence-electron chi connectivity index (χ1n) is 6.53. The molecule has 0 saturated carbocycles. The summed E-state index contributed by atoms with van der Waals surface area (Å²) in [6.07, 6.45) is 0. The molecule has 0 spiro atoms. The van der Waals surface area contributed by atoms with Crippen molar-refractivity contribution in [1.29, 1.82) is 0 Å². The lowest BCUT2D eigenvalue weighted by Gasteiger charge is -2.12. The van der Waals surface area contributed by atoms with Crippen molar-refractivity contribution in [2.24, 2.45) is 0 Å². The van der Waals surface area contributed by atoms with Crippen LogP contribution >= 0.6 is 0 Å². The topological polar surface area (TPSA) is 46.2 Å². The van der Waals surface area contributed by atoms with Crippen LogP contribution in [0.2, 0.25) is 0 Å². The van der Waals surface area contributed by atoms with Gasteiger partial charge in [0.15, 0.2) is 0 Å². The van der Waals surface area contributed by atoms with Crippen molar-refractivity contribution >= 4 is 17.3 Å². The van der Waals surface area contributed by atoms with Crippen LogP contribution in [0.3, 0.4) is 0 Å². The predicted molar refractivity (Wildman–Crippen MR) is 79.3 cm³/mol. The van der Waals surface area contributed by atoms with Gasteiger partial charge in [-0.1, -0.05) is 18.2 Å². The van der Waals surface area contributed by atoms with Crippen molar-refractivity contribution in [3.8, 4) is 5.75 Å². The molecule has 2 N–H and O–H groups in total. The van der Waals surface area contributed by atoms with Crippen molar-refractivity contribution < 1.29 is 4.74 Å². The summed E-state index contributed by atoms with van der Waals surface area (Å²) in [5, 5.41) is 6.47. The first kappa shape index (κ1) is 13.2. The number of benzene rings is 1. The maximum absolute atomic E-state index is 5.58. The highest BCUT2D eigenvalue weighted by molar-refractivity contribution is 5.64. The number of ether oxygens (including phenoxy) is 1. The van der Waals surface area contributed by atoms with Crippen LogP contribution in [0.1, 0.15) is 13.8 Å². The second-order valence-electron chi connectivity index (χ2n) is 3.99. The molecule has 0 atom stereocenters. The summed E-state index contributed by atoms with van der Waals surface area (Å²) in [4.78, 5) is 4.48. The normalized spacial score (nSPS) is 10.0. The Hall–Kier alpha value is -2.23. The number of pyridine rings is 1. The molecule has 0 aliphatic carbocycles. The summed E-state index contributed by atoms with van der Waals surface area (Å²) in [6.45, 7) is 5.52. The summed E-state index contributed by atoms with van der Waals surface area (Å²) in [5.41, 5.74) is 0.922. The Bertz CT molecular complexity index is 528. The molecular weight excluding hydrogens is 238 g/mol. The van der Waals surface area contributed by atoms with Crippen molar-refractivity contribution in [1.82, 2.24) is 4.98 Å². The van der Waals surface area contributed by atoms with Gasteiger partial charge in [0.2, 0.25) is 0 Å². The molecule has 1 heterocycles. The number of nitrogens with one attached hydrogen (secondary N) is 2. The van der Waals surface area contributed by atoms with Crippen LogP contribution in [-0.4, -0.2) is 18.1 Å². The van der Waals surface area contributed by atoms with Gasteiger partial charge in [-0.3, -0.25) is 0 Å². The van der Waals surface area contributed by atoms with Gasteiger partial charge in [0, 0.05) is 6.54 Å². The first-order chi connectivity index (χ1) is 9.33. The Morgan fingerprint density at radius 2 is 1.79 bits per heavy atom. The second-order valence-corrected chi connectivity index (χ2v) is 3.99. The largest absolute Gasteiger partial charge is 0.492 e. The Labute approximate surface area is 113 Å². The summed E-state index contributed by atoms with van der Waals surface area (Å²) < 4.78 is 5.58. The molecule has 1 aromatic carbocycles. The molecule has 0 amide bonds. The average molecular weight is 257 g/mol. The molecule has 0 saturated heterocycles. The smallest absolute Gasteiger partial charge is 0.142 e. The van der Waals surface area contributed by atoms with Gasteiger partial charge in [-0.05, 0) is 38.1 Å². The van der Waals surface area contributed by atoms with E-state index in [1.165, 1.54) is 0 Å². The minimum atomic E-state index is 0.642. The monoisotopic (exact) mass is 257 g/mol. The Balaban J connectivity index is 2.18. The zero-order valence-corrected chi connectivity index (χ0v) is 11.3. The van der Waals surface area contributed by atoms with E-state index in [0.717, 1.165) is 29.6 Å². The van der Waals surface area contributed by atoms with Crippen LogP contribution in [0.4, 0.5) is 17.3 Å². The molecule has 0 unspecified atom stereocenters. The van der Waals surface area contributed by atoms with E-state index in [9.17, 15) is 0 Å². The Morgan fingerprint density at radius 3 is 2.58 bits per heavy atom. The van der Waals surface area contributed by atoms with E-state index in [-0.39, 0.29) is 0 Å². The predicted octanol–water partition coefficient (Wildman–Crippen LogP) is 3.66. The SMILES string of the molecule is CCNc1cccc(Nc2ccccc2OCC)n1. The third-order valence-electron chi connectivity index (χ3n) is 2.56. The molecule has 4 nitrogen and oxygen atoms in total. The lowest BCUT2D eigenvalue weighted by molar-refractivity contribution is 0.342. The fourth-order valence-corrected chi connectivity index (χ4v) is 1.77. The molecule has 0 fully saturated rings. The van der Waals surface area contributed by atoms with Gasteiger partial charge in [-0.2, -0.15) is 0 Å². The lowest BCUT2D eigenvalue weighted by atomic mass is 10.3. The van der Waals surface area contributed by atoms with E-state index in [0.29, 0.717) is 6.61 Å². The van der Waals surface area contributed by atoms with Crippen LogP contribution in [0, 0.1) is 0 Å². The zero-order chi connectivity index (χ0) is 13.5. The van der Waals surface area contributed by atoms with Crippen molar-refractivity contribution in [2.75, 3.05) is 23.8 Å². The minimum Gasteiger partial charge on any atom is -0.492 e. The van der Waals surface area contributed by atoms with Crippen LogP contribution < -0.4 is 15.4 Å². The molecule has 0 radical (unpaired) electrons. The first-order valence-corrected chi connectivity index (χ1v) is 6.53. The van der Waals surface area contributed by atoms with Gasteiger partial charge in [0.05, 0.1) is 12.3 Å². The third-order valence-corrected chi connectivity index (χ3v) is 2.56. The molecule has 1 aromatic heterocycles. The van der Waals surface area contributed by atoms with Gasteiger partial charge in [0.25, 0.3) is 0 Å². The molecule has 0 aliphatic rings. The quantitative estimate of drug-likeness (QED) is 0.829. The van der Waals surface area contributed by atoms with Crippen molar-refractivity contribution in [3.63, 3.8) is 0 Å². The molecule has 0 aliphatic heterocycles. The molecular formula is C15H19N3O. The van der Waals surface area contributed by atoms with Gasteiger partial charge >= 0.3 is 0 Å². The number of nitrogens with zero attached hydrogens (tertiary/aromatic N) is 1. The number of para-hydroxylation sites is 2. The van der Waals surface area contributed by atoms with Gasteiger partial charge in [-0.15, -0.1) is 0 Å². The zero-order valence-electron chi connectivity index (χ0n) is 11.3. The highest BCUT2D eigenvalue weighted by atomic mass is 16.5. The standard InChI is InChI=1S/C15H19N3O/c1-3-16-14-10-7-11-15(18-14)17-12-8-5-6-9-13(12)19-4-2/h5-11H,3-4H2,1-2H3,(H2,16,17,18). The molecule has 2 rings (SSSR count). The van der Waals surface area contributed by atoms with Gasteiger partial charge in [-0.25, -0.2) is 4.98 Å². The van der Waals surface area contributed by atoms with Crippen LogP contribution in [0.15, 0.2) is 42.5 Å². The van der Waals surface area contributed by atoms with Crippen molar-refractivity contribution in [2.45, 2.75) is 13.8 Å². The fraction of sp³-hybridized carbons (Fsp3) is 0.267. The van der Waals surface area contributed by atoms with Gasteiger partial charge in [0.1, 0.15) is 17.4 Å². The molecule has 2 aromatic rings. The Morgan fingerprint density at radius 1 is 1.00 bits per heavy atom. The number of anilines is 3. The fourth-order valence-electron chi connectivity index (χ4n) is 1.77. The van der Waals surface area contributed by atoms with Crippen LogP contribution in [0.5, 0.6) is 5.75 Å². The summed E-state index contributed by atoms with van der Waals surface area (Å²) in [7, 11) is 0. The van der Waals surface area contributed by atoms with Crippen molar-refractivity contribution in [3.05, 3.63) is 42.5 Å². The minimum absolute atomic E-state index is 0.642. The van der Waals surface area contributed by atoms with E-state index >= 15 is 0 Å². The Kier molecular flexibility index (Phi) is 4.61. The number of hydrogen-bond acceptors (Lipinski definition) is 4. The highest BCUT2D eigenvalue weighted by Gasteiger charge is 2.03. The molecule has 19 heavy (non-hydrogen) atoms. The third kappa shape index (κ3) is 3.61. The van der Waals surface area contributed by atoms with E-state index in [4.69, 9.17) is 4.74 Å². The van der Waals surface area contributed by atoms with E-state index in [2.05, 4.69) is 15.6 Å². The maximum atomic E-state index is 5.58. The molecule has 4 heteroatoms. The summed E-state index contributed by atoms with van der Waals surface area (Å²) >= 11 is 0. The van der Waals surface area contributed by atoms with E-state index in [1.807, 2.05) is 56.3 Å². The van der Waals surface area contributed by atoms with E-state index < -0.39 is 0 Å². The maximum Gasteiger partial charge on any atom is 0.142 e. The number of rotatable bonds is 6. The lowest BCUT2D eigenvalue weighted by Crippen LogP contribution is -2.02. The molecule has 0 bridgehead atoms. The number of hydrogen-bond donors (Lipinski definition) is 2. The summed E-state index contributed by atoms with van der Waals surface area (Å²) in [5.74, 6) is 2.49. The van der Waals surface area contributed by atoms with Crippen LogP contribution in [0.25, 0.3) is 0 Å². The van der Waals surface area contributed by atoms with E-state index in [1.54, 1.807) is 0 Å². The molecule has 100 valence electrons. The summed E-state index contributed by atoms with van der Waals surface area (Å²) in [6, 6.07) is 13.7. The number of aromatic nitrogens is 1. The average Bonchev–Trinajstić information content (AvgIpc) is 2.42.